The van der Waals surface area contributed by atoms with Crippen molar-refractivity contribution in [2.45, 2.75) is 51.6 Å². The standard InChI is InChI=1S/C19H27Cl2N3O2S/c1-12(2)23(18(26)22-19(3,4)5)8-9-24-16(25)11-27-17(24)13-6-7-14(20)15(21)10-13/h6-7,10,12,17H,8-9,11H2,1-5H3,(H,22,26)/t17-/m1/s1. The van der Waals surface area contributed by atoms with Crippen LogP contribution in [0.3, 0.4) is 0 Å². The van der Waals surface area contributed by atoms with Crippen LogP contribution in [-0.2, 0) is 4.79 Å². The molecule has 150 valence electrons. The van der Waals surface area contributed by atoms with Crippen LogP contribution in [0.4, 0.5) is 4.79 Å². The molecule has 1 aromatic rings. The molecule has 1 N–H and O–H groups in total. The van der Waals surface area contributed by atoms with E-state index in [-0.39, 0.29) is 28.9 Å². The number of thioether (sulfide) groups is 1. The average molecular weight is 432 g/mol. The Labute approximate surface area is 175 Å². The number of nitrogens with one attached hydrogen (secondary N) is 1. The fourth-order valence-electron chi connectivity index (χ4n) is 2.84. The fraction of sp³-hybridized carbons (Fsp3) is 0.579. The van der Waals surface area contributed by atoms with E-state index in [1.165, 1.54) is 0 Å². The van der Waals surface area contributed by atoms with E-state index in [1.807, 2.05) is 45.6 Å². The van der Waals surface area contributed by atoms with Gasteiger partial charge in [0.1, 0.15) is 5.37 Å². The molecule has 1 aromatic carbocycles. The van der Waals surface area contributed by atoms with Crippen LogP contribution in [0.1, 0.15) is 45.6 Å². The minimum absolute atomic E-state index is 0.0288. The van der Waals surface area contributed by atoms with E-state index in [0.717, 1.165) is 5.56 Å². The first-order valence-corrected chi connectivity index (χ1v) is 10.7. The van der Waals surface area contributed by atoms with E-state index in [0.29, 0.717) is 28.9 Å². The van der Waals surface area contributed by atoms with Gasteiger partial charge in [-0.25, -0.2) is 4.79 Å². The number of urea groups is 1. The first kappa shape index (κ1) is 22.2. The number of carbonyl (C=O) groups excluding carboxylic acids is 2. The summed E-state index contributed by atoms with van der Waals surface area (Å²) >= 11 is 13.7. The number of nitrogens with zero attached hydrogens (tertiary/aromatic N) is 2. The molecule has 0 aromatic heterocycles. The van der Waals surface area contributed by atoms with Gasteiger partial charge in [-0.1, -0.05) is 29.3 Å². The summed E-state index contributed by atoms with van der Waals surface area (Å²) in [4.78, 5) is 28.6. The number of halogens is 2. The number of amides is 3. The van der Waals surface area contributed by atoms with E-state index in [4.69, 9.17) is 23.2 Å². The minimum Gasteiger partial charge on any atom is -0.333 e. The summed E-state index contributed by atoms with van der Waals surface area (Å²) in [6.45, 7) is 10.7. The van der Waals surface area contributed by atoms with Crippen LogP contribution >= 0.6 is 35.0 Å². The Morgan fingerprint density at radius 2 is 2.00 bits per heavy atom. The van der Waals surface area contributed by atoms with E-state index < -0.39 is 0 Å². The lowest BCUT2D eigenvalue weighted by atomic mass is 10.1. The molecule has 2 rings (SSSR count). The highest BCUT2D eigenvalue weighted by atomic mass is 35.5. The van der Waals surface area contributed by atoms with Crippen molar-refractivity contribution in [3.8, 4) is 0 Å². The van der Waals surface area contributed by atoms with E-state index in [9.17, 15) is 9.59 Å². The van der Waals surface area contributed by atoms with Gasteiger partial charge in [-0.2, -0.15) is 0 Å². The summed E-state index contributed by atoms with van der Waals surface area (Å²) in [5, 5.41) is 3.84. The van der Waals surface area contributed by atoms with E-state index >= 15 is 0 Å². The fourth-order valence-corrected chi connectivity index (χ4v) is 4.36. The molecule has 0 spiro atoms. The van der Waals surface area contributed by atoms with Gasteiger partial charge in [0.2, 0.25) is 5.91 Å². The van der Waals surface area contributed by atoms with Gasteiger partial charge in [0.05, 0.1) is 15.8 Å². The Hall–Kier alpha value is -1.11. The third-order valence-corrected chi connectivity index (χ3v) is 6.14. The molecule has 3 amide bonds. The van der Waals surface area contributed by atoms with Crippen molar-refractivity contribution in [2.24, 2.45) is 0 Å². The van der Waals surface area contributed by atoms with Gasteiger partial charge in [0.25, 0.3) is 0 Å². The maximum Gasteiger partial charge on any atom is 0.318 e. The number of rotatable bonds is 5. The van der Waals surface area contributed by atoms with Crippen molar-refractivity contribution in [1.82, 2.24) is 15.1 Å². The SMILES string of the molecule is CC(C)N(CCN1C(=O)CS[C@@H]1c1ccc(Cl)c(Cl)c1)C(=O)NC(C)(C)C. The lowest BCUT2D eigenvalue weighted by Crippen LogP contribution is -2.52. The summed E-state index contributed by atoms with van der Waals surface area (Å²) in [6, 6.07) is 5.35. The molecule has 0 bridgehead atoms. The van der Waals surface area contributed by atoms with Gasteiger partial charge in [-0.15, -0.1) is 11.8 Å². The quantitative estimate of drug-likeness (QED) is 0.728. The smallest absolute Gasteiger partial charge is 0.318 e. The van der Waals surface area contributed by atoms with E-state index in [2.05, 4.69) is 5.32 Å². The van der Waals surface area contributed by atoms with Gasteiger partial charge < -0.3 is 15.1 Å². The van der Waals surface area contributed by atoms with Crippen molar-refractivity contribution in [2.75, 3.05) is 18.8 Å². The number of carbonyl (C=O) groups is 2. The van der Waals surface area contributed by atoms with Crippen molar-refractivity contribution < 1.29 is 9.59 Å². The highest BCUT2D eigenvalue weighted by molar-refractivity contribution is 8.00. The lowest BCUT2D eigenvalue weighted by Gasteiger charge is -2.33. The zero-order valence-electron chi connectivity index (χ0n) is 16.4. The van der Waals surface area contributed by atoms with Gasteiger partial charge >= 0.3 is 6.03 Å². The zero-order chi connectivity index (χ0) is 20.4. The van der Waals surface area contributed by atoms with Crippen LogP contribution in [0.2, 0.25) is 10.0 Å². The molecule has 1 atom stereocenters. The topological polar surface area (TPSA) is 52.7 Å². The molecule has 1 aliphatic heterocycles. The van der Waals surface area contributed by atoms with Crippen LogP contribution in [0.25, 0.3) is 0 Å². The molecular weight excluding hydrogens is 405 g/mol. The Bertz CT molecular complexity index is 707. The highest BCUT2D eigenvalue weighted by Crippen LogP contribution is 2.40. The summed E-state index contributed by atoms with van der Waals surface area (Å²) < 4.78 is 0. The van der Waals surface area contributed by atoms with Gasteiger partial charge in [-0.3, -0.25) is 4.79 Å². The van der Waals surface area contributed by atoms with Crippen molar-refractivity contribution >= 4 is 46.9 Å². The van der Waals surface area contributed by atoms with Crippen LogP contribution in [0.5, 0.6) is 0 Å². The molecule has 1 aliphatic rings. The summed E-state index contributed by atoms with van der Waals surface area (Å²) in [5.41, 5.74) is 0.627. The summed E-state index contributed by atoms with van der Waals surface area (Å²) in [6.07, 6.45) is 0. The molecule has 0 aliphatic carbocycles. The van der Waals surface area contributed by atoms with E-state index in [1.54, 1.807) is 28.8 Å². The monoisotopic (exact) mass is 431 g/mol. The van der Waals surface area contributed by atoms with Crippen molar-refractivity contribution in [3.63, 3.8) is 0 Å². The van der Waals surface area contributed by atoms with Crippen LogP contribution in [-0.4, -0.2) is 52.2 Å². The largest absolute Gasteiger partial charge is 0.333 e. The Balaban J connectivity index is 2.11. The molecule has 0 radical (unpaired) electrons. The van der Waals surface area contributed by atoms with Crippen LogP contribution in [0.15, 0.2) is 18.2 Å². The molecule has 0 saturated carbocycles. The van der Waals surface area contributed by atoms with Gasteiger partial charge in [-0.05, 0) is 52.3 Å². The maximum atomic E-state index is 12.6. The first-order chi connectivity index (χ1) is 12.5. The molecular formula is C19H27Cl2N3O2S. The molecule has 5 nitrogen and oxygen atoms in total. The highest BCUT2D eigenvalue weighted by Gasteiger charge is 2.34. The van der Waals surface area contributed by atoms with Crippen molar-refractivity contribution in [1.29, 1.82) is 0 Å². The first-order valence-electron chi connectivity index (χ1n) is 8.94. The Morgan fingerprint density at radius 3 is 2.56 bits per heavy atom. The van der Waals surface area contributed by atoms with Crippen molar-refractivity contribution in [3.05, 3.63) is 33.8 Å². The molecule has 8 heteroatoms. The predicted octanol–water partition coefficient (Wildman–Crippen LogP) is 4.79. The Kier molecular flexibility index (Phi) is 7.33. The lowest BCUT2D eigenvalue weighted by molar-refractivity contribution is -0.128. The number of benzene rings is 1. The second kappa shape index (κ2) is 8.93. The maximum absolute atomic E-state index is 12.6. The second-order valence-electron chi connectivity index (χ2n) is 7.89. The van der Waals surface area contributed by atoms with Crippen LogP contribution in [0, 0.1) is 0 Å². The Morgan fingerprint density at radius 1 is 1.33 bits per heavy atom. The number of hydrogen-bond donors (Lipinski definition) is 1. The molecule has 27 heavy (non-hydrogen) atoms. The molecule has 1 saturated heterocycles. The average Bonchev–Trinajstić information content (AvgIpc) is 2.89. The van der Waals surface area contributed by atoms with Crippen LogP contribution < -0.4 is 5.32 Å². The molecule has 1 fully saturated rings. The van der Waals surface area contributed by atoms with Gasteiger partial charge in [0.15, 0.2) is 0 Å². The summed E-state index contributed by atoms with van der Waals surface area (Å²) in [5.74, 6) is 0.483. The minimum atomic E-state index is -0.313. The normalized spacial score (nSPS) is 17.6. The van der Waals surface area contributed by atoms with Gasteiger partial charge in [0, 0.05) is 24.7 Å². The molecule has 0 unspecified atom stereocenters. The summed E-state index contributed by atoms with van der Waals surface area (Å²) in [7, 11) is 0. The predicted molar refractivity (Wildman–Crippen MR) is 114 cm³/mol. The number of hydrogen-bond acceptors (Lipinski definition) is 3. The zero-order valence-corrected chi connectivity index (χ0v) is 18.7. The third-order valence-electron chi connectivity index (χ3n) is 4.14. The second-order valence-corrected chi connectivity index (χ2v) is 9.77. The molecule has 1 heterocycles. The third kappa shape index (κ3) is 5.93.